The number of sulfonamides is 1. The molecular formula is C23H30N2O4S. The van der Waals surface area contributed by atoms with Gasteiger partial charge in [-0.25, -0.2) is 8.42 Å². The normalized spacial score (nSPS) is 15.7. The van der Waals surface area contributed by atoms with Crippen LogP contribution in [-0.2, 0) is 14.8 Å². The molecule has 0 bridgehead atoms. The standard InChI is InChI=1S/C23H30N2O4S/c1-16-5-9-21(10-6-16)30(27,28)25-13-11-20(12-14-25)24-22(26)15-29-23-18(3)8-7-17(2)19(23)4/h5-10,20H,11-15H2,1-4H3,(H,24,26). The van der Waals surface area contributed by atoms with E-state index in [9.17, 15) is 13.2 Å². The first kappa shape index (κ1) is 22.3. The Bertz CT molecular complexity index is 1010. The van der Waals surface area contributed by atoms with Crippen LogP contribution in [0.25, 0.3) is 0 Å². The summed E-state index contributed by atoms with van der Waals surface area (Å²) < 4.78 is 32.9. The van der Waals surface area contributed by atoms with Crippen molar-refractivity contribution in [3.63, 3.8) is 0 Å². The summed E-state index contributed by atoms with van der Waals surface area (Å²) >= 11 is 0. The Balaban J connectivity index is 1.52. The first-order chi connectivity index (χ1) is 14.2. The molecule has 1 aliphatic heterocycles. The maximum atomic E-state index is 12.8. The van der Waals surface area contributed by atoms with E-state index >= 15 is 0 Å². The average molecular weight is 431 g/mol. The number of piperidine rings is 1. The van der Waals surface area contributed by atoms with Gasteiger partial charge in [0.1, 0.15) is 5.75 Å². The number of nitrogens with one attached hydrogen (secondary N) is 1. The molecule has 0 atom stereocenters. The second-order valence-electron chi connectivity index (χ2n) is 8.00. The van der Waals surface area contributed by atoms with Crippen LogP contribution in [0.3, 0.4) is 0 Å². The molecule has 0 saturated carbocycles. The molecule has 3 rings (SSSR count). The molecule has 6 nitrogen and oxygen atoms in total. The summed E-state index contributed by atoms with van der Waals surface area (Å²) in [5.74, 6) is 0.569. The minimum atomic E-state index is -3.49. The van der Waals surface area contributed by atoms with E-state index in [1.165, 1.54) is 4.31 Å². The average Bonchev–Trinajstić information content (AvgIpc) is 2.71. The summed E-state index contributed by atoms with van der Waals surface area (Å²) in [6, 6.07) is 10.9. The number of hydrogen-bond donors (Lipinski definition) is 1. The number of nitrogens with zero attached hydrogens (tertiary/aromatic N) is 1. The number of aryl methyl sites for hydroxylation is 3. The predicted molar refractivity (Wildman–Crippen MR) is 117 cm³/mol. The van der Waals surface area contributed by atoms with Crippen LogP contribution in [0.15, 0.2) is 41.3 Å². The second-order valence-corrected chi connectivity index (χ2v) is 9.94. The first-order valence-electron chi connectivity index (χ1n) is 10.2. The number of hydrogen-bond acceptors (Lipinski definition) is 4. The van der Waals surface area contributed by atoms with Gasteiger partial charge in [-0.3, -0.25) is 4.79 Å². The summed E-state index contributed by atoms with van der Waals surface area (Å²) in [5.41, 5.74) is 4.18. The van der Waals surface area contributed by atoms with E-state index in [2.05, 4.69) is 5.32 Å². The van der Waals surface area contributed by atoms with Crippen LogP contribution in [0.1, 0.15) is 35.1 Å². The largest absolute Gasteiger partial charge is 0.483 e. The van der Waals surface area contributed by atoms with Gasteiger partial charge in [-0.1, -0.05) is 29.8 Å². The van der Waals surface area contributed by atoms with Crippen molar-refractivity contribution in [2.24, 2.45) is 0 Å². The molecule has 0 unspecified atom stereocenters. The van der Waals surface area contributed by atoms with Crippen LogP contribution < -0.4 is 10.1 Å². The third kappa shape index (κ3) is 5.02. The Labute approximate surface area is 179 Å². The molecule has 0 aromatic heterocycles. The Morgan fingerprint density at radius 2 is 1.60 bits per heavy atom. The number of carbonyl (C=O) groups excluding carboxylic acids is 1. The molecular weight excluding hydrogens is 400 g/mol. The van der Waals surface area contributed by atoms with Gasteiger partial charge in [-0.15, -0.1) is 0 Å². The summed E-state index contributed by atoms with van der Waals surface area (Å²) in [4.78, 5) is 12.7. The number of rotatable bonds is 6. The van der Waals surface area contributed by atoms with Crippen molar-refractivity contribution in [2.45, 2.75) is 51.5 Å². The van der Waals surface area contributed by atoms with Crippen LogP contribution in [0, 0.1) is 27.7 Å². The molecule has 1 amide bonds. The molecule has 0 spiro atoms. The lowest BCUT2D eigenvalue weighted by Crippen LogP contribution is -2.47. The number of amides is 1. The van der Waals surface area contributed by atoms with E-state index in [0.29, 0.717) is 30.8 Å². The highest BCUT2D eigenvalue weighted by Gasteiger charge is 2.30. The lowest BCUT2D eigenvalue weighted by molar-refractivity contribution is -0.124. The van der Waals surface area contributed by atoms with Crippen molar-refractivity contribution in [1.29, 1.82) is 0 Å². The SMILES string of the molecule is Cc1ccc(S(=O)(=O)N2CCC(NC(=O)COc3c(C)ccc(C)c3C)CC2)cc1. The lowest BCUT2D eigenvalue weighted by atomic mass is 10.1. The van der Waals surface area contributed by atoms with Crippen LogP contribution in [0.5, 0.6) is 5.75 Å². The molecule has 1 aliphatic rings. The molecule has 1 saturated heterocycles. The van der Waals surface area contributed by atoms with Crippen molar-refractivity contribution < 1.29 is 17.9 Å². The zero-order valence-electron chi connectivity index (χ0n) is 18.1. The molecule has 30 heavy (non-hydrogen) atoms. The number of benzene rings is 2. The molecule has 2 aromatic carbocycles. The quantitative estimate of drug-likeness (QED) is 0.763. The van der Waals surface area contributed by atoms with Gasteiger partial charge in [0, 0.05) is 19.1 Å². The minimum Gasteiger partial charge on any atom is -0.483 e. The fourth-order valence-electron chi connectivity index (χ4n) is 3.65. The van der Waals surface area contributed by atoms with Crippen molar-refractivity contribution >= 4 is 15.9 Å². The molecule has 7 heteroatoms. The Morgan fingerprint density at radius 1 is 1.00 bits per heavy atom. The molecule has 162 valence electrons. The van der Waals surface area contributed by atoms with Gasteiger partial charge in [0.05, 0.1) is 4.90 Å². The molecule has 1 N–H and O–H groups in total. The number of carbonyl (C=O) groups is 1. The van der Waals surface area contributed by atoms with Crippen LogP contribution in [0.4, 0.5) is 0 Å². The van der Waals surface area contributed by atoms with Crippen molar-refractivity contribution in [2.75, 3.05) is 19.7 Å². The Kier molecular flexibility index (Phi) is 6.83. The van der Waals surface area contributed by atoms with Gasteiger partial charge < -0.3 is 10.1 Å². The van der Waals surface area contributed by atoms with E-state index in [1.54, 1.807) is 24.3 Å². The van der Waals surface area contributed by atoms with E-state index in [1.807, 2.05) is 39.8 Å². The lowest BCUT2D eigenvalue weighted by Gasteiger charge is -2.31. The fourth-order valence-corrected chi connectivity index (χ4v) is 5.12. The zero-order chi connectivity index (χ0) is 21.9. The molecule has 1 fully saturated rings. The van der Waals surface area contributed by atoms with E-state index in [4.69, 9.17) is 4.74 Å². The van der Waals surface area contributed by atoms with Crippen LogP contribution in [-0.4, -0.2) is 44.4 Å². The summed E-state index contributed by atoms with van der Waals surface area (Å²) in [6.07, 6.45) is 1.17. The van der Waals surface area contributed by atoms with Gasteiger partial charge in [0.2, 0.25) is 10.0 Å². The maximum Gasteiger partial charge on any atom is 0.258 e. The Morgan fingerprint density at radius 3 is 2.23 bits per heavy atom. The molecule has 1 heterocycles. The molecule has 2 aromatic rings. The fraction of sp³-hybridized carbons (Fsp3) is 0.435. The topological polar surface area (TPSA) is 75.7 Å². The van der Waals surface area contributed by atoms with Crippen molar-refractivity contribution in [1.82, 2.24) is 9.62 Å². The first-order valence-corrected chi connectivity index (χ1v) is 11.7. The Hall–Kier alpha value is -2.38. The minimum absolute atomic E-state index is 0.0486. The highest BCUT2D eigenvalue weighted by atomic mass is 32.2. The van der Waals surface area contributed by atoms with Crippen LogP contribution >= 0.6 is 0 Å². The van der Waals surface area contributed by atoms with Gasteiger partial charge in [-0.2, -0.15) is 4.31 Å². The van der Waals surface area contributed by atoms with Gasteiger partial charge >= 0.3 is 0 Å². The predicted octanol–water partition coefficient (Wildman–Crippen LogP) is 3.27. The molecule has 0 aliphatic carbocycles. The zero-order valence-corrected chi connectivity index (χ0v) is 18.9. The summed E-state index contributed by atoms with van der Waals surface area (Å²) in [7, 11) is -3.49. The van der Waals surface area contributed by atoms with Crippen molar-refractivity contribution in [3.05, 3.63) is 58.7 Å². The highest BCUT2D eigenvalue weighted by molar-refractivity contribution is 7.89. The van der Waals surface area contributed by atoms with E-state index in [0.717, 1.165) is 28.0 Å². The van der Waals surface area contributed by atoms with E-state index < -0.39 is 10.0 Å². The maximum absolute atomic E-state index is 12.8. The smallest absolute Gasteiger partial charge is 0.258 e. The summed E-state index contributed by atoms with van der Waals surface area (Å²) in [6.45, 7) is 8.61. The summed E-state index contributed by atoms with van der Waals surface area (Å²) in [5, 5.41) is 2.98. The number of ether oxygens (including phenoxy) is 1. The highest BCUT2D eigenvalue weighted by Crippen LogP contribution is 2.26. The van der Waals surface area contributed by atoms with Crippen molar-refractivity contribution in [3.8, 4) is 5.75 Å². The second kappa shape index (κ2) is 9.18. The third-order valence-electron chi connectivity index (χ3n) is 5.70. The monoisotopic (exact) mass is 430 g/mol. The van der Waals surface area contributed by atoms with Gasteiger partial charge in [-0.05, 0) is 69.4 Å². The van der Waals surface area contributed by atoms with Gasteiger partial charge in [0.25, 0.3) is 5.91 Å². The third-order valence-corrected chi connectivity index (χ3v) is 7.61. The van der Waals surface area contributed by atoms with Crippen LogP contribution in [0.2, 0.25) is 0 Å². The molecule has 0 radical (unpaired) electrons. The van der Waals surface area contributed by atoms with E-state index in [-0.39, 0.29) is 18.6 Å². The van der Waals surface area contributed by atoms with Gasteiger partial charge in [0.15, 0.2) is 6.61 Å².